The van der Waals surface area contributed by atoms with Crippen molar-refractivity contribution in [2.75, 3.05) is 20.3 Å². The highest BCUT2D eigenvalue weighted by Gasteiger charge is 2.66. The fourth-order valence-corrected chi connectivity index (χ4v) is 5.87. The summed E-state index contributed by atoms with van der Waals surface area (Å²) in [5.74, 6) is 0. The van der Waals surface area contributed by atoms with Gasteiger partial charge in [-0.3, -0.25) is 14.3 Å². The number of nitrogens with one attached hydrogen (secondary N) is 1. The van der Waals surface area contributed by atoms with Gasteiger partial charge in [0, 0.05) is 19.4 Å². The highest BCUT2D eigenvalue weighted by molar-refractivity contribution is 6.58. The first-order valence-electron chi connectivity index (χ1n) is 8.92. The lowest BCUT2D eigenvalue weighted by Crippen LogP contribution is -2.59. The minimum atomic E-state index is -1.93. The van der Waals surface area contributed by atoms with E-state index in [1.807, 2.05) is 33.9 Å². The SMILES string of the molecule is CO[C@@H]1[C@H](OC(C)(C)C)C(CO)(CO)O[C@]1(n1ccc(=O)[nH]c1=O)[SiH](C)C. The molecule has 1 aliphatic heterocycles. The van der Waals surface area contributed by atoms with Gasteiger partial charge in [-0.05, 0) is 20.8 Å². The Morgan fingerprint density at radius 3 is 2.26 bits per heavy atom. The first-order chi connectivity index (χ1) is 12.5. The maximum atomic E-state index is 12.6. The van der Waals surface area contributed by atoms with Crippen LogP contribution in [-0.2, 0) is 19.6 Å². The van der Waals surface area contributed by atoms with E-state index >= 15 is 0 Å². The van der Waals surface area contributed by atoms with Gasteiger partial charge in [0.2, 0.25) is 0 Å². The second-order valence-electron chi connectivity index (χ2n) is 8.18. The lowest BCUT2D eigenvalue weighted by atomic mass is 9.95. The number of nitrogens with zero attached hydrogens (tertiary/aromatic N) is 1. The third-order valence-electron chi connectivity index (χ3n) is 4.87. The molecule has 2 rings (SSSR count). The van der Waals surface area contributed by atoms with Crippen LogP contribution in [0.1, 0.15) is 20.8 Å². The zero-order valence-corrected chi connectivity index (χ0v) is 17.8. The molecule has 0 aromatic carbocycles. The van der Waals surface area contributed by atoms with Gasteiger partial charge in [-0.25, -0.2) is 4.79 Å². The number of rotatable bonds is 6. The van der Waals surface area contributed by atoms with Crippen molar-refractivity contribution in [3.63, 3.8) is 0 Å². The molecule has 0 aliphatic carbocycles. The summed E-state index contributed by atoms with van der Waals surface area (Å²) in [6.07, 6.45) is -0.267. The minimum Gasteiger partial charge on any atom is -0.393 e. The molecule has 0 amide bonds. The van der Waals surface area contributed by atoms with Crippen LogP contribution in [0.4, 0.5) is 0 Å². The first kappa shape index (κ1) is 22.0. The maximum absolute atomic E-state index is 12.6. The Bertz CT molecular complexity index is 766. The van der Waals surface area contributed by atoms with Gasteiger partial charge in [-0.15, -0.1) is 0 Å². The van der Waals surface area contributed by atoms with Crippen molar-refractivity contribution in [2.24, 2.45) is 0 Å². The van der Waals surface area contributed by atoms with Crippen LogP contribution in [0.2, 0.25) is 13.1 Å². The molecule has 0 saturated carbocycles. The quantitative estimate of drug-likeness (QED) is 0.531. The van der Waals surface area contributed by atoms with E-state index in [4.69, 9.17) is 14.2 Å². The summed E-state index contributed by atoms with van der Waals surface area (Å²) < 4.78 is 19.5. The molecule has 27 heavy (non-hydrogen) atoms. The van der Waals surface area contributed by atoms with Crippen LogP contribution in [0.5, 0.6) is 0 Å². The Balaban J connectivity index is 2.77. The van der Waals surface area contributed by atoms with E-state index in [1.165, 1.54) is 23.9 Å². The van der Waals surface area contributed by atoms with Crippen LogP contribution in [0, 0.1) is 0 Å². The monoisotopic (exact) mass is 402 g/mol. The van der Waals surface area contributed by atoms with Crippen molar-refractivity contribution in [3.05, 3.63) is 33.1 Å². The molecule has 1 saturated heterocycles. The molecule has 0 spiro atoms. The summed E-state index contributed by atoms with van der Waals surface area (Å²) in [6, 6.07) is 1.23. The van der Waals surface area contributed by atoms with Crippen molar-refractivity contribution in [3.8, 4) is 0 Å². The van der Waals surface area contributed by atoms with Crippen LogP contribution in [0.3, 0.4) is 0 Å². The minimum absolute atomic E-state index is 0.523. The molecule has 0 unspecified atom stereocenters. The first-order valence-corrected chi connectivity index (χ1v) is 11.8. The third-order valence-corrected chi connectivity index (χ3v) is 7.24. The van der Waals surface area contributed by atoms with Gasteiger partial charge in [0.25, 0.3) is 5.56 Å². The smallest absolute Gasteiger partial charge is 0.330 e. The van der Waals surface area contributed by atoms with Crippen LogP contribution in [0.15, 0.2) is 21.9 Å². The molecule has 154 valence electrons. The van der Waals surface area contributed by atoms with Crippen LogP contribution in [0.25, 0.3) is 0 Å². The van der Waals surface area contributed by atoms with Crippen molar-refractivity contribution in [2.45, 2.75) is 62.6 Å². The summed E-state index contributed by atoms with van der Waals surface area (Å²) in [6.45, 7) is 8.41. The number of aromatic nitrogens is 2. The number of aromatic amines is 1. The lowest BCUT2D eigenvalue weighted by Gasteiger charge is -2.39. The van der Waals surface area contributed by atoms with Gasteiger partial charge in [0.15, 0.2) is 5.35 Å². The van der Waals surface area contributed by atoms with Crippen LogP contribution >= 0.6 is 0 Å². The lowest BCUT2D eigenvalue weighted by molar-refractivity contribution is -0.193. The number of hydrogen-bond acceptors (Lipinski definition) is 7. The van der Waals surface area contributed by atoms with Gasteiger partial charge < -0.3 is 24.4 Å². The standard InChI is InChI=1S/C17H30N2O7Si/c1-15(2,3)25-12-13(24-4)17(27(5)6,26-16(12,9-20)10-21)19-8-7-11(22)18-14(19)23/h7-8,12-13,20-21,27H,9-10H2,1-6H3,(H,18,22,23)/t12-,13+,17-/m0/s1. The van der Waals surface area contributed by atoms with Gasteiger partial charge in [-0.1, -0.05) is 13.1 Å². The van der Waals surface area contributed by atoms with E-state index in [1.54, 1.807) is 0 Å². The van der Waals surface area contributed by atoms with Crippen LogP contribution < -0.4 is 11.2 Å². The molecule has 1 aliphatic rings. The molecule has 0 radical (unpaired) electrons. The highest BCUT2D eigenvalue weighted by atomic mass is 28.3. The van der Waals surface area contributed by atoms with E-state index in [0.29, 0.717) is 0 Å². The molecule has 10 heteroatoms. The molecule has 1 aromatic heterocycles. The van der Waals surface area contributed by atoms with Gasteiger partial charge >= 0.3 is 5.69 Å². The highest BCUT2D eigenvalue weighted by Crippen LogP contribution is 2.46. The molecule has 0 bridgehead atoms. The number of hydrogen-bond donors (Lipinski definition) is 3. The molecule has 1 aromatic rings. The molecular weight excluding hydrogens is 372 g/mol. The number of aliphatic hydroxyl groups excluding tert-OH is 2. The number of aliphatic hydroxyl groups is 2. The summed E-state index contributed by atoms with van der Waals surface area (Å²) in [4.78, 5) is 26.4. The molecule has 1 fully saturated rings. The number of methoxy groups -OCH3 is 1. The zero-order valence-electron chi connectivity index (χ0n) is 16.7. The molecule has 3 atom stereocenters. The van der Waals surface area contributed by atoms with Crippen molar-refractivity contribution in [1.82, 2.24) is 9.55 Å². The van der Waals surface area contributed by atoms with Crippen molar-refractivity contribution < 1.29 is 24.4 Å². The predicted molar refractivity (Wildman–Crippen MR) is 102 cm³/mol. The summed E-state index contributed by atoms with van der Waals surface area (Å²) in [7, 11) is -0.457. The summed E-state index contributed by atoms with van der Waals surface area (Å²) in [5, 5.41) is 19.0. The number of H-pyrrole nitrogens is 1. The molecule has 3 N–H and O–H groups in total. The molecule has 9 nitrogen and oxygen atoms in total. The second kappa shape index (κ2) is 7.61. The predicted octanol–water partition coefficient (Wildman–Crippen LogP) is -0.832. The number of ether oxygens (including phenoxy) is 3. The van der Waals surface area contributed by atoms with E-state index < -0.39 is 62.0 Å². The van der Waals surface area contributed by atoms with Gasteiger partial charge in [0.1, 0.15) is 17.8 Å². The van der Waals surface area contributed by atoms with Gasteiger partial charge in [0.05, 0.1) is 27.6 Å². The van der Waals surface area contributed by atoms with Crippen LogP contribution in [-0.4, -0.2) is 72.3 Å². The molecular formula is C17H30N2O7Si. The average molecular weight is 403 g/mol. The second-order valence-corrected chi connectivity index (χ2v) is 11.3. The average Bonchev–Trinajstić information content (AvgIpc) is 2.84. The van der Waals surface area contributed by atoms with E-state index in [0.717, 1.165) is 0 Å². The zero-order chi connectivity index (χ0) is 20.6. The summed E-state index contributed by atoms with van der Waals surface area (Å²) in [5.41, 5.74) is -3.26. The largest absolute Gasteiger partial charge is 0.393 e. The molecule has 2 heterocycles. The van der Waals surface area contributed by atoms with E-state index in [9.17, 15) is 19.8 Å². The Morgan fingerprint density at radius 1 is 1.26 bits per heavy atom. The topological polar surface area (TPSA) is 123 Å². The fraction of sp³-hybridized carbons (Fsp3) is 0.765. The maximum Gasteiger partial charge on any atom is 0.330 e. The van der Waals surface area contributed by atoms with Crippen molar-refractivity contribution in [1.29, 1.82) is 0 Å². The Kier molecular flexibility index (Phi) is 6.20. The third kappa shape index (κ3) is 3.69. The van der Waals surface area contributed by atoms with E-state index in [-0.39, 0.29) is 0 Å². The Hall–Kier alpha value is -1.30. The Labute approximate surface area is 159 Å². The van der Waals surface area contributed by atoms with Crippen molar-refractivity contribution >= 4 is 8.80 Å². The summed E-state index contributed by atoms with van der Waals surface area (Å²) >= 11 is 0. The normalized spacial score (nSPS) is 28.0. The Morgan fingerprint density at radius 2 is 1.85 bits per heavy atom. The van der Waals surface area contributed by atoms with E-state index in [2.05, 4.69) is 4.98 Å². The fourth-order valence-electron chi connectivity index (χ4n) is 3.67. The van der Waals surface area contributed by atoms with Gasteiger partial charge in [-0.2, -0.15) is 0 Å².